The number of piperidine rings is 2. The van der Waals surface area contributed by atoms with Crippen LogP contribution in [0.1, 0.15) is 78.3 Å². The molecule has 8 rings (SSSR count). The van der Waals surface area contributed by atoms with Gasteiger partial charge < -0.3 is 41.5 Å². The second kappa shape index (κ2) is 25.8. The van der Waals surface area contributed by atoms with Gasteiger partial charge in [0.25, 0.3) is 0 Å². The zero-order valence-corrected chi connectivity index (χ0v) is 42.3. The van der Waals surface area contributed by atoms with Crippen molar-refractivity contribution in [3.05, 3.63) is 131 Å². The number of nitrogens with two attached hydrogens (primary N) is 3. The number of likely N-dealkylation sites (N-methyl/N-ethyl adjacent to an activating group) is 2. The highest BCUT2D eigenvalue weighted by molar-refractivity contribution is 7.91. The largest absolute Gasteiger partial charge is 0.496 e. The van der Waals surface area contributed by atoms with Crippen LogP contribution in [0.4, 0.5) is 37.7 Å². The van der Waals surface area contributed by atoms with E-state index in [2.05, 4.69) is 48.9 Å². The van der Waals surface area contributed by atoms with Crippen molar-refractivity contribution in [2.75, 3.05) is 81.8 Å². The number of carbonyl (C=O) groups is 2. The first-order valence-electron chi connectivity index (χ1n) is 23.8. The van der Waals surface area contributed by atoms with Crippen LogP contribution < -0.4 is 41.5 Å². The van der Waals surface area contributed by atoms with Gasteiger partial charge in [0, 0.05) is 36.9 Å². The van der Waals surface area contributed by atoms with Gasteiger partial charge in [-0.25, -0.2) is 32.2 Å². The average molecular weight is 1030 g/mol. The van der Waals surface area contributed by atoms with Crippen molar-refractivity contribution >= 4 is 50.4 Å². The predicted molar refractivity (Wildman–Crippen MR) is 275 cm³/mol. The summed E-state index contributed by atoms with van der Waals surface area (Å²) < 4.78 is 72.7. The number of halogens is 2. The first kappa shape index (κ1) is 54.8. The van der Waals surface area contributed by atoms with E-state index < -0.39 is 38.2 Å². The lowest BCUT2D eigenvalue weighted by atomic mass is 10.0. The molecule has 2 atom stereocenters. The van der Waals surface area contributed by atoms with Crippen LogP contribution in [0.15, 0.2) is 102 Å². The first-order chi connectivity index (χ1) is 35.0. The number of rotatable bonds is 16. The zero-order chi connectivity index (χ0) is 52.7. The van der Waals surface area contributed by atoms with Crippen LogP contribution in [0.5, 0.6) is 23.0 Å². The topological polar surface area (TPSA) is 253 Å². The lowest BCUT2D eigenvalue weighted by molar-refractivity contribution is 0.0919. The molecular formula is C52H62F2N10O8S. The molecule has 6 aromatic rings. The average Bonchev–Trinajstić information content (AvgIpc) is 3.40. The summed E-state index contributed by atoms with van der Waals surface area (Å²) in [5, 5.41) is 2.61. The molecule has 0 amide bonds. The minimum atomic E-state index is -3.65. The highest BCUT2D eigenvalue weighted by atomic mass is 32.2. The summed E-state index contributed by atoms with van der Waals surface area (Å²) in [6, 6.07) is 22.3. The molecular weight excluding hydrogens is 963 g/mol. The fourth-order valence-electron chi connectivity index (χ4n) is 7.94. The van der Waals surface area contributed by atoms with E-state index >= 15 is 0 Å². The summed E-state index contributed by atoms with van der Waals surface area (Å²) in [7, 11) is -0.906. The Morgan fingerprint density at radius 1 is 0.658 bits per heavy atom. The number of nitrogens with one attached hydrogen (secondary N) is 1. The van der Waals surface area contributed by atoms with Gasteiger partial charge >= 0.3 is 0 Å². The van der Waals surface area contributed by atoms with E-state index in [9.17, 15) is 26.8 Å². The third kappa shape index (κ3) is 15.0. The number of nitrogens with zero attached hydrogens (tertiary/aromatic N) is 6. The molecule has 2 aromatic heterocycles. The molecule has 4 heterocycles. The molecule has 0 saturated carbocycles. The van der Waals surface area contributed by atoms with Crippen molar-refractivity contribution in [2.45, 2.75) is 63.8 Å². The summed E-state index contributed by atoms with van der Waals surface area (Å²) in [5.74, 6) is -0.528. The molecule has 0 radical (unpaired) electrons. The Morgan fingerprint density at radius 2 is 1.12 bits per heavy atom. The lowest BCUT2D eigenvalue weighted by Gasteiger charge is -2.32. The summed E-state index contributed by atoms with van der Waals surface area (Å²) in [6.45, 7) is 12.3. The van der Waals surface area contributed by atoms with Crippen molar-refractivity contribution < 1.29 is 45.7 Å². The number of carbonyl (C=O) groups excluding carboxylic acids is 2. The van der Waals surface area contributed by atoms with Gasteiger partial charge in [0.1, 0.15) is 58.5 Å². The van der Waals surface area contributed by atoms with E-state index in [1.807, 2.05) is 48.5 Å². The number of likely N-dealkylation sites (tertiary alicyclic amines) is 2. The molecule has 388 valence electrons. The maximum atomic E-state index is 13.7. The Labute approximate surface area is 424 Å². The minimum absolute atomic E-state index is 0.0217. The monoisotopic (exact) mass is 1020 g/mol. The third-order valence-electron chi connectivity index (χ3n) is 12.0. The number of anilines is 5. The van der Waals surface area contributed by atoms with Gasteiger partial charge in [0.15, 0.2) is 0 Å². The van der Waals surface area contributed by atoms with Gasteiger partial charge in [-0.2, -0.15) is 4.98 Å². The highest BCUT2D eigenvalue weighted by Crippen LogP contribution is 2.28. The molecule has 7 N–H and O–H groups in total. The number of aromatic nitrogens is 4. The summed E-state index contributed by atoms with van der Waals surface area (Å²) in [5.41, 5.74) is 18.8. The fraction of sp³-hybridized carbons (Fsp3) is 0.346. The van der Waals surface area contributed by atoms with Gasteiger partial charge in [0.05, 0.1) is 42.2 Å². The second-order valence-corrected chi connectivity index (χ2v) is 19.1. The van der Waals surface area contributed by atoms with Crippen molar-refractivity contribution in [3.8, 4) is 23.0 Å². The Morgan fingerprint density at radius 3 is 1.56 bits per heavy atom. The van der Waals surface area contributed by atoms with Crippen LogP contribution >= 0.6 is 0 Å². The Balaban J connectivity index is 0.000000192. The number of benzene rings is 4. The number of methoxy groups -OCH3 is 2. The van der Waals surface area contributed by atoms with Gasteiger partial charge in [-0.15, -0.1) is 0 Å². The number of ketones is 2. The van der Waals surface area contributed by atoms with Gasteiger partial charge in [-0.3, -0.25) is 19.4 Å². The van der Waals surface area contributed by atoms with E-state index in [1.165, 1.54) is 58.5 Å². The molecule has 0 aliphatic carbocycles. The molecule has 0 spiro atoms. The van der Waals surface area contributed by atoms with Crippen LogP contribution in [-0.4, -0.2) is 121 Å². The van der Waals surface area contributed by atoms with Gasteiger partial charge in [-0.05, 0) is 137 Å². The smallest absolute Gasteiger partial charge is 0.249 e. The van der Waals surface area contributed by atoms with Gasteiger partial charge in [-0.1, -0.05) is 20.8 Å². The maximum Gasteiger partial charge on any atom is 0.249 e. The highest BCUT2D eigenvalue weighted by Gasteiger charge is 2.25. The third-order valence-corrected chi connectivity index (χ3v) is 13.5. The van der Waals surface area contributed by atoms with E-state index in [0.717, 1.165) is 99.3 Å². The van der Waals surface area contributed by atoms with Crippen molar-refractivity contribution in [2.24, 2.45) is 0 Å². The summed E-state index contributed by atoms with van der Waals surface area (Å²) >= 11 is 0. The standard InChI is InChI=1S/C25H28FN5O3.C14H14FN3O4S.C13H20N2O/c1-3-31-12-4-5-19(15-31)34-18-9-7-17(8-10-18)29-25-28-14-21(24(27)30-25)23(32)20-13-16(26)6-11-22(20)33-2;1-3-23(20,21)14-17-7-10(13(16)18-14)12(19)9-6-8(15)4-5-11(9)22-2;1-2-15-9-3-4-13(10-15)16-12-7-5-11(14)6-8-12/h6-11,13-14,19H,3-5,12,15H2,1-2H3,(H3,27,28,29,30);4-7H,3H2,1-2H3,(H2,16,17,18);5-8,13H,2-4,9-10,14H2,1H3. The molecule has 73 heavy (non-hydrogen) atoms. The van der Waals surface area contributed by atoms with Crippen LogP contribution in [0.3, 0.4) is 0 Å². The zero-order valence-electron chi connectivity index (χ0n) is 41.5. The molecule has 2 fully saturated rings. The van der Waals surface area contributed by atoms with Crippen LogP contribution in [-0.2, 0) is 9.84 Å². The number of ether oxygens (including phenoxy) is 4. The molecule has 2 aliphatic heterocycles. The molecule has 2 unspecified atom stereocenters. The molecule has 2 aliphatic rings. The minimum Gasteiger partial charge on any atom is -0.496 e. The van der Waals surface area contributed by atoms with Crippen molar-refractivity contribution in [1.29, 1.82) is 0 Å². The Hall–Kier alpha value is -7.49. The number of sulfone groups is 1. The van der Waals surface area contributed by atoms with E-state index in [4.69, 9.17) is 36.1 Å². The van der Waals surface area contributed by atoms with E-state index in [1.54, 1.807) is 0 Å². The Bertz CT molecular complexity index is 2940. The lowest BCUT2D eigenvalue weighted by Crippen LogP contribution is -2.40. The number of hydrogen-bond donors (Lipinski definition) is 4. The Kier molecular flexibility index (Phi) is 19.3. The number of nitrogen functional groups attached to an aromatic ring is 3. The SMILES string of the molecule is CCN1CCCC(Oc2ccc(N)cc2)C1.CCN1CCCC(Oc2ccc(Nc3ncc(C(=O)c4cc(F)ccc4OC)c(N)n3)cc2)C1.CCS(=O)(=O)c1ncc(C(=O)c2cc(F)ccc2OC)c(N)n1. The van der Waals surface area contributed by atoms with Crippen LogP contribution in [0.25, 0.3) is 0 Å². The first-order valence-corrected chi connectivity index (χ1v) is 25.4. The molecule has 0 bridgehead atoms. The second-order valence-electron chi connectivity index (χ2n) is 17.0. The molecule has 18 nitrogen and oxygen atoms in total. The van der Waals surface area contributed by atoms with Crippen LogP contribution in [0.2, 0.25) is 0 Å². The quantitative estimate of drug-likeness (QED) is 0.0418. The van der Waals surface area contributed by atoms with E-state index in [0.29, 0.717) is 6.10 Å². The summed E-state index contributed by atoms with van der Waals surface area (Å²) in [4.78, 5) is 45.9. The number of hydrogen-bond acceptors (Lipinski definition) is 18. The predicted octanol–water partition coefficient (Wildman–Crippen LogP) is 7.41. The fourth-order valence-corrected chi connectivity index (χ4v) is 8.65. The molecule has 21 heteroatoms. The van der Waals surface area contributed by atoms with Gasteiger partial charge in [0.2, 0.25) is 32.5 Å². The summed E-state index contributed by atoms with van der Waals surface area (Å²) in [6.07, 6.45) is 7.43. The van der Waals surface area contributed by atoms with Crippen molar-refractivity contribution in [3.63, 3.8) is 0 Å². The van der Waals surface area contributed by atoms with Crippen molar-refractivity contribution in [1.82, 2.24) is 29.7 Å². The maximum absolute atomic E-state index is 13.7. The molecule has 2 saturated heterocycles. The van der Waals surface area contributed by atoms with E-state index in [-0.39, 0.29) is 63.2 Å². The molecule has 4 aromatic carbocycles. The van der Waals surface area contributed by atoms with Crippen LogP contribution in [0, 0.1) is 11.6 Å². The normalized spacial score (nSPS) is 15.9.